The lowest BCUT2D eigenvalue weighted by atomic mass is 10.2. The van der Waals surface area contributed by atoms with Gasteiger partial charge in [0.2, 0.25) is 5.91 Å². The van der Waals surface area contributed by atoms with Crippen LogP contribution in [0.15, 0.2) is 24.3 Å². The zero-order chi connectivity index (χ0) is 15.2. The van der Waals surface area contributed by atoms with Gasteiger partial charge in [-0.2, -0.15) is 0 Å². The average Bonchev–Trinajstić information content (AvgIpc) is 3.21. The van der Waals surface area contributed by atoms with Gasteiger partial charge in [0.05, 0.1) is 12.7 Å². The van der Waals surface area contributed by atoms with Gasteiger partial charge >= 0.3 is 0 Å². The SMILES string of the molecule is O=C(COCC1CC1)NCc1ccccc1OC1CCCC1. The molecule has 4 nitrogen and oxygen atoms in total. The number of amides is 1. The van der Waals surface area contributed by atoms with E-state index in [1.54, 1.807) is 0 Å². The van der Waals surface area contributed by atoms with E-state index in [1.807, 2.05) is 24.3 Å². The van der Waals surface area contributed by atoms with Crippen LogP contribution in [0.4, 0.5) is 0 Å². The Morgan fingerprint density at radius 3 is 2.68 bits per heavy atom. The van der Waals surface area contributed by atoms with Gasteiger partial charge in [0.25, 0.3) is 0 Å². The standard InChI is InChI=1S/C18H25NO3/c20-18(13-21-12-14-9-10-14)19-11-15-5-1-4-8-17(15)22-16-6-2-3-7-16/h1,4-5,8,14,16H,2-3,6-7,9-13H2,(H,19,20). The molecule has 1 N–H and O–H groups in total. The molecule has 4 heteroatoms. The monoisotopic (exact) mass is 303 g/mol. The van der Waals surface area contributed by atoms with Crippen LogP contribution in [-0.4, -0.2) is 25.2 Å². The Kier molecular flexibility index (Phi) is 5.33. The lowest BCUT2D eigenvalue weighted by Crippen LogP contribution is -2.27. The number of ether oxygens (including phenoxy) is 2. The number of carbonyl (C=O) groups is 1. The van der Waals surface area contributed by atoms with Crippen molar-refractivity contribution < 1.29 is 14.3 Å². The van der Waals surface area contributed by atoms with Crippen LogP contribution in [0.2, 0.25) is 0 Å². The van der Waals surface area contributed by atoms with E-state index in [4.69, 9.17) is 9.47 Å². The molecule has 0 atom stereocenters. The minimum absolute atomic E-state index is 0.0590. The second-order valence-corrected chi connectivity index (χ2v) is 6.37. The summed E-state index contributed by atoms with van der Waals surface area (Å²) in [4.78, 5) is 11.8. The molecule has 2 fully saturated rings. The highest BCUT2D eigenvalue weighted by Gasteiger charge is 2.21. The molecule has 0 unspecified atom stereocenters. The van der Waals surface area contributed by atoms with E-state index in [1.165, 1.54) is 25.7 Å². The third-order valence-corrected chi connectivity index (χ3v) is 4.33. The molecule has 2 saturated carbocycles. The van der Waals surface area contributed by atoms with Crippen LogP contribution in [0.3, 0.4) is 0 Å². The maximum Gasteiger partial charge on any atom is 0.246 e. The summed E-state index contributed by atoms with van der Waals surface area (Å²) >= 11 is 0. The molecule has 22 heavy (non-hydrogen) atoms. The second kappa shape index (κ2) is 7.63. The van der Waals surface area contributed by atoms with E-state index >= 15 is 0 Å². The summed E-state index contributed by atoms with van der Waals surface area (Å²) < 4.78 is 11.5. The van der Waals surface area contributed by atoms with Crippen molar-refractivity contribution in [3.8, 4) is 5.75 Å². The summed E-state index contributed by atoms with van der Waals surface area (Å²) in [6.45, 7) is 1.37. The largest absolute Gasteiger partial charge is 0.490 e. The first-order chi connectivity index (χ1) is 10.8. The van der Waals surface area contributed by atoms with Crippen LogP contribution in [0.25, 0.3) is 0 Å². The first-order valence-corrected chi connectivity index (χ1v) is 8.40. The van der Waals surface area contributed by atoms with E-state index in [0.29, 0.717) is 18.6 Å². The van der Waals surface area contributed by atoms with Crippen LogP contribution in [0.5, 0.6) is 5.75 Å². The summed E-state index contributed by atoms with van der Waals surface area (Å²) in [5.41, 5.74) is 1.03. The van der Waals surface area contributed by atoms with Gasteiger partial charge in [-0.15, -0.1) is 0 Å². The maximum absolute atomic E-state index is 11.8. The van der Waals surface area contributed by atoms with Crippen LogP contribution in [0.1, 0.15) is 44.1 Å². The molecule has 2 aliphatic rings. The van der Waals surface area contributed by atoms with E-state index < -0.39 is 0 Å². The van der Waals surface area contributed by atoms with E-state index in [-0.39, 0.29) is 12.5 Å². The maximum atomic E-state index is 11.8. The van der Waals surface area contributed by atoms with Crippen molar-refractivity contribution in [1.29, 1.82) is 0 Å². The van der Waals surface area contributed by atoms with Crippen LogP contribution in [-0.2, 0) is 16.1 Å². The zero-order valence-corrected chi connectivity index (χ0v) is 13.1. The minimum Gasteiger partial charge on any atom is -0.490 e. The molecular weight excluding hydrogens is 278 g/mol. The molecule has 0 heterocycles. The Labute approximate surface area is 132 Å². The molecule has 120 valence electrons. The van der Waals surface area contributed by atoms with Gasteiger partial charge in [-0.1, -0.05) is 18.2 Å². The zero-order valence-electron chi connectivity index (χ0n) is 13.1. The first kappa shape index (κ1) is 15.3. The van der Waals surface area contributed by atoms with Gasteiger partial charge in [-0.3, -0.25) is 4.79 Å². The van der Waals surface area contributed by atoms with Crippen molar-refractivity contribution in [3.05, 3.63) is 29.8 Å². The van der Waals surface area contributed by atoms with Crippen molar-refractivity contribution in [2.75, 3.05) is 13.2 Å². The van der Waals surface area contributed by atoms with Gasteiger partial charge in [0.15, 0.2) is 0 Å². The van der Waals surface area contributed by atoms with Gasteiger partial charge in [-0.05, 0) is 50.5 Å². The Bertz CT molecular complexity index is 493. The van der Waals surface area contributed by atoms with E-state index in [9.17, 15) is 4.79 Å². The first-order valence-electron chi connectivity index (χ1n) is 8.40. The number of hydrogen-bond acceptors (Lipinski definition) is 3. The van der Waals surface area contributed by atoms with Crippen LogP contribution >= 0.6 is 0 Å². The lowest BCUT2D eigenvalue weighted by Gasteiger charge is -2.16. The van der Waals surface area contributed by atoms with E-state index in [0.717, 1.165) is 30.8 Å². The fourth-order valence-electron chi connectivity index (χ4n) is 2.80. The molecule has 2 aliphatic carbocycles. The molecule has 0 spiro atoms. The van der Waals surface area contributed by atoms with Gasteiger partial charge in [0.1, 0.15) is 12.4 Å². The Morgan fingerprint density at radius 1 is 1.14 bits per heavy atom. The lowest BCUT2D eigenvalue weighted by molar-refractivity contribution is -0.126. The summed E-state index contributed by atoms with van der Waals surface area (Å²) in [6.07, 6.45) is 7.59. The second-order valence-electron chi connectivity index (χ2n) is 6.37. The van der Waals surface area contributed by atoms with Gasteiger partial charge in [0, 0.05) is 12.1 Å². The fourth-order valence-corrected chi connectivity index (χ4v) is 2.80. The Hall–Kier alpha value is -1.55. The quantitative estimate of drug-likeness (QED) is 0.803. The number of rotatable bonds is 8. The normalized spacial score (nSPS) is 18.4. The Balaban J connectivity index is 1.45. The molecule has 0 saturated heterocycles. The van der Waals surface area contributed by atoms with Crippen molar-refractivity contribution in [2.45, 2.75) is 51.2 Å². The predicted molar refractivity (Wildman–Crippen MR) is 84.7 cm³/mol. The summed E-state index contributed by atoms with van der Waals surface area (Å²) in [5.74, 6) is 1.53. The molecule has 1 aromatic rings. The highest BCUT2D eigenvalue weighted by Crippen LogP contribution is 2.28. The predicted octanol–water partition coefficient (Wildman–Crippen LogP) is 3.05. The number of para-hydroxylation sites is 1. The average molecular weight is 303 g/mol. The van der Waals surface area contributed by atoms with Crippen molar-refractivity contribution in [3.63, 3.8) is 0 Å². The van der Waals surface area contributed by atoms with Crippen molar-refractivity contribution in [2.24, 2.45) is 5.92 Å². The van der Waals surface area contributed by atoms with Gasteiger partial charge in [-0.25, -0.2) is 0 Å². The highest BCUT2D eigenvalue weighted by molar-refractivity contribution is 5.77. The Morgan fingerprint density at radius 2 is 1.91 bits per heavy atom. The smallest absolute Gasteiger partial charge is 0.246 e. The van der Waals surface area contributed by atoms with E-state index in [2.05, 4.69) is 5.32 Å². The third-order valence-electron chi connectivity index (χ3n) is 4.33. The third kappa shape index (κ3) is 4.73. The molecular formula is C18H25NO3. The summed E-state index contributed by atoms with van der Waals surface area (Å²) in [6, 6.07) is 7.96. The molecule has 0 aliphatic heterocycles. The molecule has 1 amide bonds. The van der Waals surface area contributed by atoms with Crippen molar-refractivity contribution in [1.82, 2.24) is 5.32 Å². The topological polar surface area (TPSA) is 47.6 Å². The number of benzene rings is 1. The van der Waals surface area contributed by atoms with Gasteiger partial charge < -0.3 is 14.8 Å². The minimum atomic E-state index is -0.0590. The van der Waals surface area contributed by atoms with Crippen LogP contribution < -0.4 is 10.1 Å². The fraction of sp³-hybridized carbons (Fsp3) is 0.611. The molecule has 0 radical (unpaired) electrons. The molecule has 1 aromatic carbocycles. The summed E-state index contributed by atoms with van der Waals surface area (Å²) in [7, 11) is 0. The molecule has 3 rings (SSSR count). The number of carbonyl (C=O) groups excluding carboxylic acids is 1. The number of hydrogen-bond donors (Lipinski definition) is 1. The highest BCUT2D eigenvalue weighted by atomic mass is 16.5. The van der Waals surface area contributed by atoms with Crippen molar-refractivity contribution >= 4 is 5.91 Å². The molecule has 0 aromatic heterocycles. The summed E-state index contributed by atoms with van der Waals surface area (Å²) in [5, 5.41) is 2.91. The van der Waals surface area contributed by atoms with Crippen LogP contribution in [0, 0.1) is 5.92 Å². The number of nitrogens with one attached hydrogen (secondary N) is 1. The molecule has 0 bridgehead atoms.